The average Bonchev–Trinajstić information content (AvgIpc) is 3.18. The molecule has 0 saturated heterocycles. The number of ether oxygens (including phenoxy) is 4. The van der Waals surface area contributed by atoms with Gasteiger partial charge in [0.05, 0.1) is 34.4 Å². The van der Waals surface area contributed by atoms with E-state index in [0.717, 1.165) is 49.1 Å². The minimum Gasteiger partial charge on any atom is -0.496 e. The summed E-state index contributed by atoms with van der Waals surface area (Å²) in [6, 6.07) is 3.91. The molecule has 0 spiro atoms. The quantitative estimate of drug-likeness (QED) is 0.454. The van der Waals surface area contributed by atoms with E-state index in [1.807, 2.05) is 23.7 Å². The molecule has 0 amide bonds. The van der Waals surface area contributed by atoms with Crippen molar-refractivity contribution in [3.63, 3.8) is 0 Å². The number of nitrogens with one attached hydrogen (secondary N) is 2. The Morgan fingerprint density at radius 3 is 2.55 bits per heavy atom. The summed E-state index contributed by atoms with van der Waals surface area (Å²) in [4.78, 5) is 9.29. The molecule has 0 fully saturated rings. The van der Waals surface area contributed by atoms with Gasteiger partial charge in [-0.15, -0.1) is 0 Å². The SMILES string of the molecule is CCNC(=NCc1cc(OC)c(OC)cc1OC)NC1CCc2nc(COC)nn2C1. The normalized spacial score (nSPS) is 15.9. The Hall–Kier alpha value is -3.01. The van der Waals surface area contributed by atoms with Gasteiger partial charge in [-0.05, 0) is 19.4 Å². The van der Waals surface area contributed by atoms with Crippen LogP contribution in [-0.2, 0) is 30.9 Å². The number of hydrogen-bond donors (Lipinski definition) is 2. The van der Waals surface area contributed by atoms with Crippen molar-refractivity contribution in [2.75, 3.05) is 35.0 Å². The lowest BCUT2D eigenvalue weighted by Gasteiger charge is -2.25. The standard InChI is InChI=1S/C21H32N6O4/c1-6-22-21(23-11-14-9-17(30-4)18(31-5)10-16(14)29-3)24-15-7-8-20-25-19(13-28-2)26-27(20)12-15/h9-10,15H,6-8,11-13H2,1-5H3,(H2,22,23,24). The number of methoxy groups -OCH3 is 4. The molecule has 10 nitrogen and oxygen atoms in total. The van der Waals surface area contributed by atoms with Crippen LogP contribution in [0.15, 0.2) is 17.1 Å². The highest BCUT2D eigenvalue weighted by atomic mass is 16.5. The summed E-state index contributed by atoms with van der Waals surface area (Å²) in [5, 5.41) is 11.4. The first kappa shape index (κ1) is 22.7. The molecule has 0 saturated carbocycles. The van der Waals surface area contributed by atoms with Crippen molar-refractivity contribution < 1.29 is 18.9 Å². The van der Waals surface area contributed by atoms with E-state index < -0.39 is 0 Å². The third kappa shape index (κ3) is 5.57. The van der Waals surface area contributed by atoms with Crippen LogP contribution in [-0.4, -0.2) is 61.7 Å². The molecule has 0 aliphatic carbocycles. The van der Waals surface area contributed by atoms with E-state index in [-0.39, 0.29) is 6.04 Å². The molecule has 170 valence electrons. The molecule has 0 radical (unpaired) electrons. The highest BCUT2D eigenvalue weighted by Crippen LogP contribution is 2.34. The first-order valence-electron chi connectivity index (χ1n) is 10.4. The summed E-state index contributed by atoms with van der Waals surface area (Å²) in [5.74, 6) is 4.43. The Morgan fingerprint density at radius 2 is 1.87 bits per heavy atom. The van der Waals surface area contributed by atoms with E-state index in [1.165, 1.54) is 0 Å². The van der Waals surface area contributed by atoms with Gasteiger partial charge in [-0.2, -0.15) is 5.10 Å². The van der Waals surface area contributed by atoms with Crippen LogP contribution in [0.25, 0.3) is 0 Å². The van der Waals surface area contributed by atoms with Crippen molar-refractivity contribution in [2.45, 2.75) is 45.5 Å². The van der Waals surface area contributed by atoms with Gasteiger partial charge in [0, 0.05) is 37.7 Å². The maximum absolute atomic E-state index is 5.52. The number of fused-ring (bicyclic) bond motifs is 1. The van der Waals surface area contributed by atoms with E-state index in [1.54, 1.807) is 28.4 Å². The lowest BCUT2D eigenvalue weighted by Crippen LogP contribution is -2.47. The summed E-state index contributed by atoms with van der Waals surface area (Å²) in [6.45, 7) is 4.39. The van der Waals surface area contributed by atoms with Crippen molar-refractivity contribution in [3.05, 3.63) is 29.3 Å². The van der Waals surface area contributed by atoms with Gasteiger partial charge >= 0.3 is 0 Å². The smallest absolute Gasteiger partial charge is 0.191 e. The second kappa shape index (κ2) is 10.9. The molecule has 1 aromatic heterocycles. The average molecular weight is 433 g/mol. The molecule has 1 aliphatic rings. The van der Waals surface area contributed by atoms with Crippen molar-refractivity contribution in [1.29, 1.82) is 0 Å². The van der Waals surface area contributed by atoms with E-state index >= 15 is 0 Å². The van der Waals surface area contributed by atoms with E-state index in [2.05, 4.69) is 20.7 Å². The maximum Gasteiger partial charge on any atom is 0.191 e. The molecule has 2 heterocycles. The van der Waals surface area contributed by atoms with Crippen molar-refractivity contribution in [1.82, 2.24) is 25.4 Å². The Bertz CT molecular complexity index is 898. The lowest BCUT2D eigenvalue weighted by molar-refractivity contribution is 0.177. The molecular weight excluding hydrogens is 400 g/mol. The molecule has 1 atom stereocenters. The minimum absolute atomic E-state index is 0.203. The number of aliphatic imine (C=N–C) groups is 1. The second-order valence-corrected chi connectivity index (χ2v) is 7.15. The van der Waals surface area contributed by atoms with Crippen LogP contribution in [0, 0.1) is 0 Å². The fraction of sp³-hybridized carbons (Fsp3) is 0.571. The Morgan fingerprint density at radius 1 is 1.13 bits per heavy atom. The summed E-state index contributed by atoms with van der Waals surface area (Å²) in [6.07, 6.45) is 1.81. The number of nitrogens with zero attached hydrogens (tertiary/aromatic N) is 4. The Labute approximate surface area is 183 Å². The van der Waals surface area contributed by atoms with Crippen LogP contribution in [0.4, 0.5) is 0 Å². The number of benzene rings is 1. The van der Waals surface area contributed by atoms with E-state index in [9.17, 15) is 0 Å². The van der Waals surface area contributed by atoms with Crippen LogP contribution in [0.2, 0.25) is 0 Å². The van der Waals surface area contributed by atoms with E-state index in [0.29, 0.717) is 30.4 Å². The number of guanidine groups is 1. The van der Waals surface area contributed by atoms with Crippen molar-refractivity contribution >= 4 is 5.96 Å². The van der Waals surface area contributed by atoms with Gasteiger partial charge in [0.1, 0.15) is 18.2 Å². The molecule has 1 aromatic carbocycles. The first-order chi connectivity index (χ1) is 15.1. The number of aromatic nitrogens is 3. The number of rotatable bonds is 9. The van der Waals surface area contributed by atoms with E-state index in [4.69, 9.17) is 23.9 Å². The predicted molar refractivity (Wildman–Crippen MR) is 117 cm³/mol. The molecule has 3 rings (SSSR count). The second-order valence-electron chi connectivity index (χ2n) is 7.15. The van der Waals surface area contributed by atoms with Gasteiger partial charge in [-0.3, -0.25) is 0 Å². The van der Waals surface area contributed by atoms with Gasteiger partial charge in [-0.1, -0.05) is 0 Å². The fourth-order valence-electron chi connectivity index (χ4n) is 3.56. The van der Waals surface area contributed by atoms with Crippen LogP contribution < -0.4 is 24.8 Å². The molecule has 1 unspecified atom stereocenters. The van der Waals surface area contributed by atoms with Crippen LogP contribution in [0.5, 0.6) is 17.2 Å². The van der Waals surface area contributed by atoms with Gasteiger partial charge < -0.3 is 29.6 Å². The zero-order valence-corrected chi connectivity index (χ0v) is 18.9. The van der Waals surface area contributed by atoms with Crippen molar-refractivity contribution in [2.24, 2.45) is 4.99 Å². The Balaban J connectivity index is 1.72. The largest absolute Gasteiger partial charge is 0.496 e. The zero-order chi connectivity index (χ0) is 22.2. The highest BCUT2D eigenvalue weighted by molar-refractivity contribution is 5.80. The molecule has 2 N–H and O–H groups in total. The molecule has 31 heavy (non-hydrogen) atoms. The molecule has 2 aromatic rings. The van der Waals surface area contributed by atoms with Gasteiger partial charge in [-0.25, -0.2) is 14.7 Å². The highest BCUT2D eigenvalue weighted by Gasteiger charge is 2.22. The first-order valence-corrected chi connectivity index (χ1v) is 10.4. The van der Waals surface area contributed by atoms with Gasteiger partial charge in [0.2, 0.25) is 0 Å². The zero-order valence-electron chi connectivity index (χ0n) is 18.9. The van der Waals surface area contributed by atoms with Crippen LogP contribution in [0.1, 0.15) is 30.6 Å². The Kier molecular flexibility index (Phi) is 7.94. The summed E-state index contributed by atoms with van der Waals surface area (Å²) < 4.78 is 23.4. The number of hydrogen-bond acceptors (Lipinski definition) is 7. The summed E-state index contributed by atoms with van der Waals surface area (Å²) in [7, 11) is 6.50. The minimum atomic E-state index is 0.203. The molecular formula is C21H32N6O4. The molecule has 10 heteroatoms. The third-order valence-corrected chi connectivity index (χ3v) is 5.05. The molecule has 1 aliphatic heterocycles. The summed E-state index contributed by atoms with van der Waals surface area (Å²) >= 11 is 0. The van der Waals surface area contributed by atoms with Crippen molar-refractivity contribution in [3.8, 4) is 17.2 Å². The molecule has 0 bridgehead atoms. The summed E-state index contributed by atoms with van der Waals surface area (Å²) in [5.41, 5.74) is 0.906. The predicted octanol–water partition coefficient (Wildman–Crippen LogP) is 1.52. The van der Waals surface area contributed by atoms with Crippen LogP contribution in [0.3, 0.4) is 0 Å². The maximum atomic E-state index is 5.52. The van der Waals surface area contributed by atoms with Crippen LogP contribution >= 0.6 is 0 Å². The van der Waals surface area contributed by atoms with Gasteiger partial charge in [0.15, 0.2) is 23.3 Å². The monoisotopic (exact) mass is 432 g/mol. The lowest BCUT2D eigenvalue weighted by atomic mass is 10.1. The fourth-order valence-corrected chi connectivity index (χ4v) is 3.56. The van der Waals surface area contributed by atoms with Gasteiger partial charge in [0.25, 0.3) is 0 Å². The number of aryl methyl sites for hydroxylation is 1. The topological polar surface area (TPSA) is 104 Å². The third-order valence-electron chi connectivity index (χ3n) is 5.05.